The zero-order valence-electron chi connectivity index (χ0n) is 5.66. The number of hydrogen-bond acceptors (Lipinski definition) is 3. The van der Waals surface area contributed by atoms with E-state index in [4.69, 9.17) is 0 Å². The lowest BCUT2D eigenvalue weighted by molar-refractivity contribution is -0.141. The van der Waals surface area contributed by atoms with Crippen LogP contribution in [0.4, 0.5) is 0 Å². The van der Waals surface area contributed by atoms with Gasteiger partial charge >= 0.3 is 5.97 Å². The van der Waals surface area contributed by atoms with Crippen molar-refractivity contribution in [2.24, 2.45) is 0 Å². The van der Waals surface area contributed by atoms with E-state index in [2.05, 4.69) is 10.1 Å². The lowest BCUT2D eigenvalue weighted by Crippen LogP contribution is -2.31. The molecule has 1 aliphatic heterocycles. The Morgan fingerprint density at radius 2 is 2.50 bits per heavy atom. The quantitative estimate of drug-likeness (QED) is 0.441. The molecule has 1 unspecified atom stereocenters. The first-order chi connectivity index (χ1) is 4.34. The van der Waals surface area contributed by atoms with Gasteiger partial charge in [-0.15, -0.1) is 12.4 Å². The summed E-state index contributed by atoms with van der Waals surface area (Å²) in [5.74, 6) is -0.219. The van der Waals surface area contributed by atoms with Gasteiger partial charge in [-0.05, 0) is 0 Å². The van der Waals surface area contributed by atoms with E-state index in [0.29, 0.717) is 0 Å². The zero-order valence-corrected chi connectivity index (χ0v) is 6.48. The molecule has 1 aliphatic rings. The Morgan fingerprint density at radius 1 is 1.80 bits per heavy atom. The summed E-state index contributed by atoms with van der Waals surface area (Å²) in [7, 11) is 1.39. The van der Waals surface area contributed by atoms with Gasteiger partial charge in [-0.25, -0.2) is 0 Å². The van der Waals surface area contributed by atoms with Crippen molar-refractivity contribution in [3.8, 4) is 0 Å². The zero-order chi connectivity index (χ0) is 6.69. The Morgan fingerprint density at radius 3 is 2.90 bits per heavy atom. The first kappa shape index (κ1) is 9.46. The van der Waals surface area contributed by atoms with Crippen molar-refractivity contribution in [1.82, 2.24) is 5.32 Å². The molecular formula is C6H10ClNO2. The van der Waals surface area contributed by atoms with E-state index >= 15 is 0 Å². The summed E-state index contributed by atoms with van der Waals surface area (Å²) in [6.07, 6.45) is 3.70. The van der Waals surface area contributed by atoms with E-state index in [1.807, 2.05) is 6.08 Å². The summed E-state index contributed by atoms with van der Waals surface area (Å²) in [5.41, 5.74) is 0. The van der Waals surface area contributed by atoms with Gasteiger partial charge in [-0.1, -0.05) is 12.2 Å². The van der Waals surface area contributed by atoms with Gasteiger partial charge in [0.15, 0.2) is 0 Å². The van der Waals surface area contributed by atoms with Gasteiger partial charge < -0.3 is 4.74 Å². The predicted octanol–water partition coefficient (Wildman–Crippen LogP) is 0.109. The largest absolute Gasteiger partial charge is 0.468 e. The number of halogens is 1. The van der Waals surface area contributed by atoms with Gasteiger partial charge in [-0.2, -0.15) is 0 Å². The molecule has 0 aromatic heterocycles. The van der Waals surface area contributed by atoms with Crippen LogP contribution in [0.2, 0.25) is 0 Å². The third-order valence-electron chi connectivity index (χ3n) is 1.24. The highest BCUT2D eigenvalue weighted by atomic mass is 35.5. The van der Waals surface area contributed by atoms with Gasteiger partial charge in [0.2, 0.25) is 0 Å². The number of rotatable bonds is 1. The fourth-order valence-corrected chi connectivity index (χ4v) is 0.756. The minimum atomic E-state index is -0.219. The van der Waals surface area contributed by atoms with Crippen molar-refractivity contribution in [3.05, 3.63) is 12.2 Å². The van der Waals surface area contributed by atoms with Crippen LogP contribution in [0, 0.1) is 0 Å². The molecule has 0 aliphatic carbocycles. The van der Waals surface area contributed by atoms with Crippen molar-refractivity contribution in [2.75, 3.05) is 13.7 Å². The second-order valence-electron chi connectivity index (χ2n) is 1.84. The highest BCUT2D eigenvalue weighted by Crippen LogP contribution is 1.95. The molecule has 1 N–H and O–H groups in total. The van der Waals surface area contributed by atoms with E-state index in [0.717, 1.165) is 6.54 Å². The van der Waals surface area contributed by atoms with Gasteiger partial charge in [0.25, 0.3) is 0 Å². The van der Waals surface area contributed by atoms with E-state index in [1.54, 1.807) is 6.08 Å². The molecule has 0 saturated carbocycles. The standard InChI is InChI=1S/C6H9NO2.ClH/c1-9-6(8)5-3-2-4-7-5;/h2-3,5,7H,4H2,1H3;1H. The molecule has 58 valence electrons. The SMILES string of the molecule is COC(=O)C1C=CCN1.Cl. The third kappa shape index (κ3) is 2.01. The summed E-state index contributed by atoms with van der Waals surface area (Å²) in [6.45, 7) is 0.764. The predicted molar refractivity (Wildman–Crippen MR) is 40.2 cm³/mol. The highest BCUT2D eigenvalue weighted by Gasteiger charge is 2.16. The minimum absolute atomic E-state index is 0. The summed E-state index contributed by atoms with van der Waals surface area (Å²) in [4.78, 5) is 10.7. The summed E-state index contributed by atoms with van der Waals surface area (Å²) >= 11 is 0. The van der Waals surface area contributed by atoms with Crippen molar-refractivity contribution < 1.29 is 9.53 Å². The molecular weight excluding hydrogens is 154 g/mol. The molecule has 0 fully saturated rings. The molecule has 1 rings (SSSR count). The molecule has 0 saturated heterocycles. The Kier molecular flexibility index (Phi) is 4.07. The van der Waals surface area contributed by atoms with Crippen LogP contribution in [0.5, 0.6) is 0 Å². The number of nitrogens with one attached hydrogen (secondary N) is 1. The van der Waals surface area contributed by atoms with Crippen molar-refractivity contribution in [2.45, 2.75) is 6.04 Å². The Bertz CT molecular complexity index is 147. The van der Waals surface area contributed by atoms with Crippen LogP contribution in [-0.2, 0) is 9.53 Å². The third-order valence-corrected chi connectivity index (χ3v) is 1.24. The second kappa shape index (κ2) is 4.30. The maximum atomic E-state index is 10.7. The Balaban J connectivity index is 0.000000810. The monoisotopic (exact) mass is 163 g/mol. The van der Waals surface area contributed by atoms with Crippen LogP contribution in [0.15, 0.2) is 12.2 Å². The molecule has 0 aromatic carbocycles. The van der Waals surface area contributed by atoms with E-state index in [9.17, 15) is 4.79 Å². The molecule has 0 spiro atoms. The topological polar surface area (TPSA) is 38.3 Å². The number of carbonyl (C=O) groups excluding carboxylic acids is 1. The molecule has 0 bridgehead atoms. The molecule has 10 heavy (non-hydrogen) atoms. The fourth-order valence-electron chi connectivity index (χ4n) is 0.756. The molecule has 1 atom stereocenters. The molecule has 4 heteroatoms. The highest BCUT2D eigenvalue weighted by molar-refractivity contribution is 5.85. The molecule has 3 nitrogen and oxygen atoms in total. The molecule has 1 heterocycles. The van der Waals surface area contributed by atoms with E-state index in [1.165, 1.54) is 7.11 Å². The summed E-state index contributed by atoms with van der Waals surface area (Å²) < 4.78 is 4.48. The smallest absolute Gasteiger partial charge is 0.326 e. The number of methoxy groups -OCH3 is 1. The normalized spacial score (nSPS) is 21.9. The van der Waals surface area contributed by atoms with E-state index < -0.39 is 0 Å². The van der Waals surface area contributed by atoms with Crippen LogP contribution in [0.25, 0.3) is 0 Å². The fraction of sp³-hybridized carbons (Fsp3) is 0.500. The van der Waals surface area contributed by atoms with Gasteiger partial charge in [0.1, 0.15) is 6.04 Å². The van der Waals surface area contributed by atoms with Gasteiger partial charge in [0, 0.05) is 6.54 Å². The molecule has 0 aromatic rings. The second-order valence-corrected chi connectivity index (χ2v) is 1.84. The lowest BCUT2D eigenvalue weighted by atomic mass is 10.3. The van der Waals surface area contributed by atoms with Crippen molar-refractivity contribution >= 4 is 18.4 Å². The van der Waals surface area contributed by atoms with Crippen molar-refractivity contribution in [3.63, 3.8) is 0 Å². The van der Waals surface area contributed by atoms with E-state index in [-0.39, 0.29) is 24.4 Å². The maximum absolute atomic E-state index is 10.7. The average Bonchev–Trinajstić information content (AvgIpc) is 2.37. The molecule has 0 radical (unpaired) electrons. The van der Waals surface area contributed by atoms with Crippen molar-refractivity contribution in [1.29, 1.82) is 0 Å². The number of hydrogen-bond donors (Lipinski definition) is 1. The summed E-state index contributed by atoms with van der Waals surface area (Å²) in [5, 5.41) is 2.92. The van der Waals surface area contributed by atoms with Crippen LogP contribution in [0.3, 0.4) is 0 Å². The number of esters is 1. The van der Waals surface area contributed by atoms with Crippen LogP contribution < -0.4 is 5.32 Å². The molecule has 0 amide bonds. The summed E-state index contributed by atoms with van der Waals surface area (Å²) in [6, 6.07) is -0.213. The van der Waals surface area contributed by atoms with Gasteiger partial charge in [0.05, 0.1) is 7.11 Å². The average molecular weight is 164 g/mol. The number of ether oxygens (including phenoxy) is 1. The van der Waals surface area contributed by atoms with Crippen LogP contribution >= 0.6 is 12.4 Å². The first-order valence-electron chi connectivity index (χ1n) is 2.82. The Hall–Kier alpha value is -0.540. The van der Waals surface area contributed by atoms with Crippen LogP contribution in [-0.4, -0.2) is 25.7 Å². The Labute approximate surface area is 65.8 Å². The number of carbonyl (C=O) groups is 1. The lowest BCUT2D eigenvalue weighted by Gasteiger charge is -2.04. The maximum Gasteiger partial charge on any atom is 0.326 e. The first-order valence-corrected chi connectivity index (χ1v) is 2.82. The minimum Gasteiger partial charge on any atom is -0.468 e. The van der Waals surface area contributed by atoms with Gasteiger partial charge in [-0.3, -0.25) is 10.1 Å². The van der Waals surface area contributed by atoms with Crippen LogP contribution in [0.1, 0.15) is 0 Å².